The molecular weight excluding hydrogens is 162 g/mol. The van der Waals surface area contributed by atoms with Gasteiger partial charge in [-0.25, -0.2) is 0 Å². The maximum absolute atomic E-state index is 5.57. The van der Waals surface area contributed by atoms with Crippen LogP contribution in [0.3, 0.4) is 0 Å². The molecule has 0 saturated heterocycles. The van der Waals surface area contributed by atoms with Crippen molar-refractivity contribution in [1.29, 1.82) is 0 Å². The highest BCUT2D eigenvalue weighted by atomic mass is 16.5. The predicted octanol–water partition coefficient (Wildman–Crippen LogP) is 1.94. The van der Waals surface area contributed by atoms with E-state index in [0.29, 0.717) is 11.5 Å². The topological polar surface area (TPSA) is 21.3 Å². The summed E-state index contributed by atoms with van der Waals surface area (Å²) in [6.07, 6.45) is 8.72. The quantitative estimate of drug-likeness (QED) is 0.706. The Bertz CT molecular complexity index is 163. The second-order valence-electron chi connectivity index (χ2n) is 4.60. The molecule has 2 rings (SSSR count). The highest BCUT2D eigenvalue weighted by molar-refractivity contribution is 5.08. The van der Waals surface area contributed by atoms with Crippen LogP contribution in [-0.4, -0.2) is 26.3 Å². The third-order valence-corrected chi connectivity index (χ3v) is 4.20. The smallest absolute Gasteiger partial charge is 0.0657 e. The highest BCUT2D eigenvalue weighted by Gasteiger charge is 2.54. The molecule has 2 unspecified atom stereocenters. The molecule has 0 heterocycles. The molecule has 0 amide bonds. The summed E-state index contributed by atoms with van der Waals surface area (Å²) >= 11 is 0. The third-order valence-electron chi connectivity index (χ3n) is 4.20. The van der Waals surface area contributed by atoms with Crippen molar-refractivity contribution in [2.75, 3.05) is 14.2 Å². The van der Waals surface area contributed by atoms with Crippen molar-refractivity contribution in [2.24, 2.45) is 5.41 Å². The van der Waals surface area contributed by atoms with Crippen molar-refractivity contribution in [1.82, 2.24) is 5.32 Å². The summed E-state index contributed by atoms with van der Waals surface area (Å²) in [6, 6.07) is 0.720. The predicted molar refractivity (Wildman–Crippen MR) is 53.8 cm³/mol. The third kappa shape index (κ3) is 1.31. The Morgan fingerprint density at radius 2 is 1.92 bits per heavy atom. The first-order chi connectivity index (χ1) is 6.33. The summed E-state index contributed by atoms with van der Waals surface area (Å²) in [7, 11) is 3.96. The van der Waals surface area contributed by atoms with Gasteiger partial charge in [-0.3, -0.25) is 0 Å². The molecule has 2 heteroatoms. The molecule has 13 heavy (non-hydrogen) atoms. The van der Waals surface area contributed by atoms with E-state index >= 15 is 0 Å². The molecule has 0 aliphatic heterocycles. The molecule has 0 aromatic rings. The number of hydrogen-bond acceptors (Lipinski definition) is 2. The lowest BCUT2D eigenvalue weighted by atomic mass is 9.55. The van der Waals surface area contributed by atoms with E-state index in [1.165, 1.54) is 38.5 Å². The maximum atomic E-state index is 5.57. The van der Waals surface area contributed by atoms with Gasteiger partial charge in [-0.2, -0.15) is 0 Å². The van der Waals surface area contributed by atoms with Crippen molar-refractivity contribution in [2.45, 2.75) is 50.7 Å². The van der Waals surface area contributed by atoms with E-state index in [-0.39, 0.29) is 0 Å². The van der Waals surface area contributed by atoms with Gasteiger partial charge in [-0.05, 0) is 26.3 Å². The summed E-state index contributed by atoms with van der Waals surface area (Å²) in [5, 5.41) is 3.45. The summed E-state index contributed by atoms with van der Waals surface area (Å²) in [4.78, 5) is 0. The van der Waals surface area contributed by atoms with Crippen molar-refractivity contribution in [3.63, 3.8) is 0 Å². The Morgan fingerprint density at radius 3 is 2.46 bits per heavy atom. The van der Waals surface area contributed by atoms with E-state index in [2.05, 4.69) is 12.4 Å². The summed E-state index contributed by atoms with van der Waals surface area (Å²) in [5.41, 5.74) is 0.502. The van der Waals surface area contributed by atoms with Gasteiger partial charge in [-0.15, -0.1) is 0 Å². The van der Waals surface area contributed by atoms with Crippen LogP contribution in [0.2, 0.25) is 0 Å². The van der Waals surface area contributed by atoms with Gasteiger partial charge in [0.15, 0.2) is 0 Å². The van der Waals surface area contributed by atoms with E-state index in [1.54, 1.807) is 0 Å². The minimum atomic E-state index is 0.502. The maximum Gasteiger partial charge on any atom is 0.0657 e. The Hall–Kier alpha value is -0.0800. The molecule has 1 N–H and O–H groups in total. The van der Waals surface area contributed by atoms with Crippen molar-refractivity contribution in [3.8, 4) is 0 Å². The van der Waals surface area contributed by atoms with Crippen LogP contribution >= 0.6 is 0 Å². The van der Waals surface area contributed by atoms with Crippen LogP contribution in [0.1, 0.15) is 38.5 Å². The van der Waals surface area contributed by atoms with Gasteiger partial charge in [0.05, 0.1) is 6.10 Å². The van der Waals surface area contributed by atoms with E-state index in [0.717, 1.165) is 6.04 Å². The fourth-order valence-electron chi connectivity index (χ4n) is 3.36. The Balaban J connectivity index is 2.05. The summed E-state index contributed by atoms with van der Waals surface area (Å²) < 4.78 is 5.57. The lowest BCUT2D eigenvalue weighted by molar-refractivity contribution is -0.135. The number of rotatable bonds is 2. The van der Waals surface area contributed by atoms with Crippen LogP contribution in [0, 0.1) is 5.41 Å². The molecular formula is C11H21NO. The van der Waals surface area contributed by atoms with Gasteiger partial charge < -0.3 is 10.1 Å². The van der Waals surface area contributed by atoms with Crippen LogP contribution in [0.15, 0.2) is 0 Å². The first-order valence-corrected chi connectivity index (χ1v) is 5.53. The van der Waals surface area contributed by atoms with Gasteiger partial charge in [0, 0.05) is 18.6 Å². The van der Waals surface area contributed by atoms with E-state index in [9.17, 15) is 0 Å². The average Bonchev–Trinajstić information content (AvgIpc) is 2.19. The van der Waals surface area contributed by atoms with Crippen LogP contribution in [0.25, 0.3) is 0 Å². The molecule has 2 saturated carbocycles. The monoisotopic (exact) mass is 183 g/mol. The first kappa shape index (κ1) is 9.47. The lowest BCUT2D eigenvalue weighted by Gasteiger charge is -2.57. The largest absolute Gasteiger partial charge is 0.381 e. The van der Waals surface area contributed by atoms with E-state index in [1.807, 2.05) is 7.11 Å². The van der Waals surface area contributed by atoms with Gasteiger partial charge in [0.2, 0.25) is 0 Å². The van der Waals surface area contributed by atoms with Gasteiger partial charge in [-0.1, -0.05) is 19.3 Å². The van der Waals surface area contributed by atoms with Crippen LogP contribution < -0.4 is 5.32 Å². The second-order valence-corrected chi connectivity index (χ2v) is 4.60. The normalized spacial score (nSPS) is 37.4. The molecule has 2 atom stereocenters. The van der Waals surface area contributed by atoms with Gasteiger partial charge in [0.25, 0.3) is 0 Å². The zero-order valence-electron chi connectivity index (χ0n) is 8.81. The molecule has 2 fully saturated rings. The molecule has 2 nitrogen and oxygen atoms in total. The van der Waals surface area contributed by atoms with Crippen molar-refractivity contribution in [3.05, 3.63) is 0 Å². The fraction of sp³-hybridized carbons (Fsp3) is 1.00. The van der Waals surface area contributed by atoms with Crippen LogP contribution in [-0.2, 0) is 4.74 Å². The lowest BCUT2D eigenvalue weighted by Crippen LogP contribution is -2.63. The minimum Gasteiger partial charge on any atom is -0.381 e. The van der Waals surface area contributed by atoms with Crippen LogP contribution in [0.5, 0.6) is 0 Å². The second kappa shape index (κ2) is 3.58. The summed E-state index contributed by atoms with van der Waals surface area (Å²) in [5.74, 6) is 0. The zero-order chi connectivity index (χ0) is 9.31. The molecule has 2 aliphatic carbocycles. The summed E-state index contributed by atoms with van der Waals surface area (Å²) in [6.45, 7) is 0. The van der Waals surface area contributed by atoms with Gasteiger partial charge >= 0.3 is 0 Å². The fourth-order valence-corrected chi connectivity index (χ4v) is 3.36. The van der Waals surface area contributed by atoms with Gasteiger partial charge in [0.1, 0.15) is 0 Å². The molecule has 0 aromatic carbocycles. The number of methoxy groups -OCH3 is 1. The van der Waals surface area contributed by atoms with Crippen LogP contribution in [0.4, 0.5) is 0 Å². The van der Waals surface area contributed by atoms with E-state index in [4.69, 9.17) is 4.74 Å². The minimum absolute atomic E-state index is 0.502. The molecule has 0 bridgehead atoms. The van der Waals surface area contributed by atoms with E-state index < -0.39 is 0 Å². The number of ether oxygens (including phenoxy) is 1. The number of hydrogen-bond donors (Lipinski definition) is 1. The Kier molecular flexibility index (Phi) is 2.61. The molecule has 1 spiro atoms. The Labute approximate surface area is 81.0 Å². The molecule has 0 radical (unpaired) electrons. The Morgan fingerprint density at radius 1 is 1.23 bits per heavy atom. The van der Waals surface area contributed by atoms with Crippen molar-refractivity contribution < 1.29 is 4.74 Å². The molecule has 76 valence electrons. The average molecular weight is 183 g/mol. The molecule has 2 aliphatic rings. The van der Waals surface area contributed by atoms with Crippen molar-refractivity contribution >= 4 is 0 Å². The highest BCUT2D eigenvalue weighted by Crippen LogP contribution is 2.52. The standard InChI is InChI=1S/C11H21NO/c1-12-9-8-10(13-2)11(9)6-4-3-5-7-11/h9-10,12H,3-8H2,1-2H3. The zero-order valence-corrected chi connectivity index (χ0v) is 8.81. The first-order valence-electron chi connectivity index (χ1n) is 5.53. The molecule has 0 aromatic heterocycles. The number of nitrogens with one attached hydrogen (secondary N) is 1. The SMILES string of the molecule is CNC1CC(OC)C12CCCCC2.